The summed E-state index contributed by atoms with van der Waals surface area (Å²) in [5.41, 5.74) is 6.14. The molecule has 3 atom stereocenters. The van der Waals surface area contributed by atoms with E-state index < -0.39 is 6.10 Å². The van der Waals surface area contributed by atoms with Crippen molar-refractivity contribution in [2.45, 2.75) is 19.1 Å². The molecule has 3 unspecified atom stereocenters. The summed E-state index contributed by atoms with van der Waals surface area (Å²) >= 11 is 0. The van der Waals surface area contributed by atoms with Crippen LogP contribution in [0.15, 0.2) is 11.1 Å². The van der Waals surface area contributed by atoms with Crippen molar-refractivity contribution in [3.05, 3.63) is 16.7 Å². The Labute approximate surface area is 107 Å². The average Bonchev–Trinajstić information content (AvgIpc) is 3.01. The molecule has 19 heavy (non-hydrogen) atoms. The molecule has 0 radical (unpaired) electrons. The molecule has 3 rings (SSSR count). The fraction of sp³-hybridized carbons (Fsp3) is 0.545. The van der Waals surface area contributed by atoms with Crippen LogP contribution >= 0.6 is 0 Å². The topological polar surface area (TPSA) is 130 Å². The highest BCUT2D eigenvalue weighted by molar-refractivity contribution is 5.69. The highest BCUT2D eigenvalue weighted by atomic mass is 16.3. The number of nitrogens with two attached hydrogens (primary N) is 1. The molecule has 1 fully saturated rings. The Balaban J connectivity index is 1.88. The van der Waals surface area contributed by atoms with Crippen LogP contribution in [-0.4, -0.2) is 42.4 Å². The number of nitrogen functional groups attached to an aromatic ring is 1. The van der Waals surface area contributed by atoms with Gasteiger partial charge in [0.15, 0.2) is 11.2 Å². The van der Waals surface area contributed by atoms with E-state index in [1.165, 1.54) is 10.9 Å². The molecule has 8 heteroatoms. The van der Waals surface area contributed by atoms with Crippen molar-refractivity contribution < 1.29 is 10.2 Å². The van der Waals surface area contributed by atoms with Gasteiger partial charge in [0.25, 0.3) is 5.56 Å². The molecule has 2 aromatic rings. The minimum Gasteiger partial charge on any atom is -0.394 e. The average molecular weight is 265 g/mol. The lowest BCUT2D eigenvalue weighted by atomic mass is 10.2. The Hall–Kier alpha value is -1.93. The first-order valence-corrected chi connectivity index (χ1v) is 6.10. The fourth-order valence-corrected chi connectivity index (χ4v) is 2.44. The first-order chi connectivity index (χ1) is 9.11. The van der Waals surface area contributed by atoms with Crippen LogP contribution in [0.4, 0.5) is 5.95 Å². The number of nitrogens with zero attached hydrogens (tertiary/aromatic N) is 3. The first kappa shape index (κ1) is 12.1. The molecule has 0 bridgehead atoms. The largest absolute Gasteiger partial charge is 0.394 e. The molecule has 1 aliphatic carbocycles. The lowest BCUT2D eigenvalue weighted by Crippen LogP contribution is -2.26. The quantitative estimate of drug-likeness (QED) is 0.543. The second-order valence-corrected chi connectivity index (χ2v) is 4.90. The van der Waals surface area contributed by atoms with Crippen molar-refractivity contribution in [3.63, 3.8) is 0 Å². The van der Waals surface area contributed by atoms with E-state index in [4.69, 9.17) is 10.8 Å². The Kier molecular flexibility index (Phi) is 2.76. The maximum absolute atomic E-state index is 12.2. The summed E-state index contributed by atoms with van der Waals surface area (Å²) in [6, 6.07) is 0. The highest BCUT2D eigenvalue weighted by Gasteiger charge is 2.42. The van der Waals surface area contributed by atoms with Crippen molar-refractivity contribution in [2.75, 3.05) is 12.3 Å². The predicted molar refractivity (Wildman–Crippen MR) is 67.3 cm³/mol. The molecule has 102 valence electrons. The van der Waals surface area contributed by atoms with Gasteiger partial charge in [0.1, 0.15) is 0 Å². The summed E-state index contributed by atoms with van der Waals surface area (Å²) in [7, 11) is 0. The normalized spacial score (nSPS) is 23.7. The molecule has 0 amide bonds. The Morgan fingerprint density at radius 1 is 1.63 bits per heavy atom. The van der Waals surface area contributed by atoms with Gasteiger partial charge in [-0.2, -0.15) is 4.98 Å². The van der Waals surface area contributed by atoms with Crippen LogP contribution in [0.25, 0.3) is 11.2 Å². The van der Waals surface area contributed by atoms with E-state index in [1.807, 2.05) is 0 Å². The summed E-state index contributed by atoms with van der Waals surface area (Å²) < 4.78 is 1.38. The van der Waals surface area contributed by atoms with Gasteiger partial charge in [-0.3, -0.25) is 9.36 Å². The summed E-state index contributed by atoms with van der Waals surface area (Å²) in [5, 5.41) is 18.4. The van der Waals surface area contributed by atoms with Crippen LogP contribution in [0.2, 0.25) is 0 Å². The molecule has 0 saturated heterocycles. The van der Waals surface area contributed by atoms with Gasteiger partial charge in [-0.1, -0.05) is 0 Å². The fourth-order valence-electron chi connectivity index (χ4n) is 2.44. The van der Waals surface area contributed by atoms with Gasteiger partial charge in [-0.25, -0.2) is 4.98 Å². The number of aliphatic hydroxyl groups is 2. The number of hydrogen-bond donors (Lipinski definition) is 4. The summed E-state index contributed by atoms with van der Waals surface area (Å²) in [5.74, 6) is 0.284. The third-order valence-corrected chi connectivity index (χ3v) is 3.65. The monoisotopic (exact) mass is 265 g/mol. The van der Waals surface area contributed by atoms with Gasteiger partial charge in [-0.05, 0) is 18.3 Å². The van der Waals surface area contributed by atoms with Crippen molar-refractivity contribution in [1.29, 1.82) is 0 Å². The van der Waals surface area contributed by atoms with E-state index in [9.17, 15) is 9.90 Å². The standard InChI is InChI=1S/C11H15N5O3/c12-11-15-9-8(13-4-14-9)10(19)16(11)2-5-1-6(5)7(18)3-17/h4-7,17-18H,1-3H2,(H2,12,15)(H,13,14). The van der Waals surface area contributed by atoms with Crippen molar-refractivity contribution in [1.82, 2.24) is 19.5 Å². The molecule has 5 N–H and O–H groups in total. The zero-order chi connectivity index (χ0) is 13.6. The van der Waals surface area contributed by atoms with E-state index in [1.54, 1.807) is 0 Å². The maximum Gasteiger partial charge on any atom is 0.280 e. The van der Waals surface area contributed by atoms with Crippen LogP contribution in [-0.2, 0) is 6.54 Å². The summed E-state index contributed by atoms with van der Waals surface area (Å²) in [6.07, 6.45) is 1.44. The third kappa shape index (κ3) is 1.98. The van der Waals surface area contributed by atoms with Gasteiger partial charge >= 0.3 is 0 Å². The van der Waals surface area contributed by atoms with Crippen molar-refractivity contribution >= 4 is 17.1 Å². The van der Waals surface area contributed by atoms with Crippen LogP contribution in [0, 0.1) is 11.8 Å². The van der Waals surface area contributed by atoms with Gasteiger partial charge in [0.05, 0.1) is 19.0 Å². The number of fused-ring (bicyclic) bond motifs is 1. The molecular weight excluding hydrogens is 250 g/mol. The van der Waals surface area contributed by atoms with Crippen LogP contribution in [0.5, 0.6) is 0 Å². The zero-order valence-corrected chi connectivity index (χ0v) is 10.2. The minimum atomic E-state index is -0.731. The SMILES string of the molecule is Nc1nc2nc[nH]c2c(=O)n1CC1CC1C(O)CO. The van der Waals surface area contributed by atoms with Gasteiger partial charge < -0.3 is 20.9 Å². The van der Waals surface area contributed by atoms with E-state index in [0.29, 0.717) is 17.7 Å². The molecule has 8 nitrogen and oxygen atoms in total. The molecule has 0 aromatic carbocycles. The number of aliphatic hydroxyl groups excluding tert-OH is 2. The van der Waals surface area contributed by atoms with E-state index in [2.05, 4.69) is 15.0 Å². The number of aromatic nitrogens is 4. The van der Waals surface area contributed by atoms with Gasteiger partial charge in [0, 0.05) is 6.54 Å². The number of hydrogen-bond acceptors (Lipinski definition) is 6. The van der Waals surface area contributed by atoms with E-state index in [-0.39, 0.29) is 30.0 Å². The lowest BCUT2D eigenvalue weighted by molar-refractivity contribution is 0.0728. The van der Waals surface area contributed by atoms with Crippen LogP contribution in [0.1, 0.15) is 6.42 Å². The highest BCUT2D eigenvalue weighted by Crippen LogP contribution is 2.42. The van der Waals surface area contributed by atoms with E-state index >= 15 is 0 Å². The van der Waals surface area contributed by atoms with Crippen LogP contribution in [0.3, 0.4) is 0 Å². The van der Waals surface area contributed by atoms with E-state index in [0.717, 1.165) is 6.42 Å². The Bertz CT molecular complexity index is 664. The number of imidazole rings is 1. The maximum atomic E-state index is 12.2. The van der Waals surface area contributed by atoms with Gasteiger partial charge in [-0.15, -0.1) is 0 Å². The molecule has 0 spiro atoms. The van der Waals surface area contributed by atoms with Crippen molar-refractivity contribution in [3.8, 4) is 0 Å². The summed E-state index contributed by atoms with van der Waals surface area (Å²) in [4.78, 5) is 22.9. The second kappa shape index (κ2) is 4.32. The smallest absolute Gasteiger partial charge is 0.280 e. The number of rotatable bonds is 4. The number of anilines is 1. The third-order valence-electron chi connectivity index (χ3n) is 3.65. The Morgan fingerprint density at radius 3 is 3.16 bits per heavy atom. The zero-order valence-electron chi connectivity index (χ0n) is 10.2. The molecule has 2 aromatic heterocycles. The molecule has 1 saturated carbocycles. The first-order valence-electron chi connectivity index (χ1n) is 6.10. The minimum absolute atomic E-state index is 0.0220. The number of aromatic amines is 1. The number of H-pyrrole nitrogens is 1. The van der Waals surface area contributed by atoms with Gasteiger partial charge in [0.2, 0.25) is 5.95 Å². The molecule has 0 aliphatic heterocycles. The molecule has 2 heterocycles. The van der Waals surface area contributed by atoms with Crippen LogP contribution < -0.4 is 11.3 Å². The lowest BCUT2D eigenvalue weighted by Gasteiger charge is -2.09. The predicted octanol–water partition coefficient (Wildman–Crippen LogP) is -1.31. The molecular formula is C11H15N5O3. The molecule has 1 aliphatic rings. The Morgan fingerprint density at radius 2 is 2.42 bits per heavy atom. The summed E-state index contributed by atoms with van der Waals surface area (Å²) in [6.45, 7) is 0.137. The van der Waals surface area contributed by atoms with Crippen molar-refractivity contribution in [2.24, 2.45) is 11.8 Å². The second-order valence-electron chi connectivity index (χ2n) is 4.90. The number of nitrogens with one attached hydrogen (secondary N) is 1.